The van der Waals surface area contributed by atoms with Crippen LogP contribution in [0, 0.1) is 0 Å². The number of pyridine rings is 1. The van der Waals surface area contributed by atoms with Crippen LogP contribution in [0.3, 0.4) is 0 Å². The van der Waals surface area contributed by atoms with Gasteiger partial charge in [-0.25, -0.2) is 4.98 Å². The van der Waals surface area contributed by atoms with E-state index in [0.29, 0.717) is 27.5 Å². The Hall–Kier alpha value is -1.49. The Morgan fingerprint density at radius 2 is 1.76 bits per heavy atom. The molecule has 0 spiro atoms. The third kappa shape index (κ3) is 9.70. The molecule has 1 heterocycles. The summed E-state index contributed by atoms with van der Waals surface area (Å²) in [6, 6.07) is 11.5. The SMILES string of the molecule is C=C(C)NC(CC)CCC.CC(=O)c1cccc(CSc2c(Cl)cccc2Cl)n1. The van der Waals surface area contributed by atoms with Crippen LogP contribution < -0.4 is 5.32 Å². The topological polar surface area (TPSA) is 42.0 Å². The van der Waals surface area contributed by atoms with E-state index in [0.717, 1.165) is 16.3 Å². The molecule has 0 saturated carbocycles. The molecule has 158 valence electrons. The minimum atomic E-state index is -0.0392. The van der Waals surface area contributed by atoms with Crippen LogP contribution in [0.5, 0.6) is 0 Å². The zero-order chi connectivity index (χ0) is 21.8. The third-order valence-electron chi connectivity index (χ3n) is 4.03. The first-order valence-electron chi connectivity index (χ1n) is 9.74. The molecule has 1 atom stereocenters. The number of thioether (sulfide) groups is 1. The fourth-order valence-electron chi connectivity index (χ4n) is 2.60. The Labute approximate surface area is 189 Å². The number of carbonyl (C=O) groups excluding carboxylic acids is 1. The van der Waals surface area contributed by atoms with E-state index in [2.05, 4.69) is 30.7 Å². The molecular formula is C23H30Cl2N2OS. The van der Waals surface area contributed by atoms with Crippen molar-refractivity contribution in [1.29, 1.82) is 0 Å². The molecule has 0 aliphatic rings. The Morgan fingerprint density at radius 3 is 2.28 bits per heavy atom. The summed E-state index contributed by atoms with van der Waals surface area (Å²) in [5, 5.41) is 4.59. The Balaban J connectivity index is 0.000000359. The van der Waals surface area contributed by atoms with Gasteiger partial charge >= 0.3 is 0 Å². The number of hydrogen-bond acceptors (Lipinski definition) is 4. The number of allylic oxidation sites excluding steroid dienone is 1. The van der Waals surface area contributed by atoms with Gasteiger partial charge in [0, 0.05) is 29.3 Å². The maximum atomic E-state index is 11.3. The normalized spacial score (nSPS) is 11.2. The van der Waals surface area contributed by atoms with Crippen LogP contribution in [-0.4, -0.2) is 16.8 Å². The summed E-state index contributed by atoms with van der Waals surface area (Å²) in [5.41, 5.74) is 2.39. The minimum Gasteiger partial charge on any atom is -0.386 e. The number of ketones is 1. The van der Waals surface area contributed by atoms with Crippen molar-refractivity contribution in [3.63, 3.8) is 0 Å². The number of Topliss-reactive ketones (excluding diaryl/α,β-unsaturated/α-hetero) is 1. The van der Waals surface area contributed by atoms with E-state index in [4.69, 9.17) is 23.2 Å². The summed E-state index contributed by atoms with van der Waals surface area (Å²) < 4.78 is 0. The maximum Gasteiger partial charge on any atom is 0.178 e. The van der Waals surface area contributed by atoms with E-state index in [-0.39, 0.29) is 5.78 Å². The van der Waals surface area contributed by atoms with Crippen LogP contribution in [0.2, 0.25) is 10.0 Å². The van der Waals surface area contributed by atoms with Crippen LogP contribution >= 0.6 is 35.0 Å². The summed E-state index contributed by atoms with van der Waals surface area (Å²) in [6.45, 7) is 11.7. The highest BCUT2D eigenvalue weighted by Crippen LogP contribution is 2.35. The molecule has 1 aromatic carbocycles. The molecule has 1 unspecified atom stereocenters. The standard InChI is InChI=1S/C14H11Cl2NOS.C9H19N/c1-9(18)13-7-2-4-10(17-13)8-19-14-11(15)5-3-6-12(14)16;1-5-7-9(6-2)10-8(3)4/h2-7H,8H2,1H3;9-10H,3,5-7H2,1-2,4H3. The van der Waals surface area contributed by atoms with E-state index >= 15 is 0 Å². The summed E-state index contributed by atoms with van der Waals surface area (Å²) in [4.78, 5) is 16.4. The predicted molar refractivity (Wildman–Crippen MR) is 127 cm³/mol. The number of halogens is 2. The highest BCUT2D eigenvalue weighted by atomic mass is 35.5. The van der Waals surface area contributed by atoms with Gasteiger partial charge in [0.25, 0.3) is 0 Å². The van der Waals surface area contributed by atoms with Gasteiger partial charge in [0.1, 0.15) is 5.69 Å². The van der Waals surface area contributed by atoms with Crippen molar-refractivity contribution < 1.29 is 4.79 Å². The summed E-state index contributed by atoms with van der Waals surface area (Å²) in [5.74, 6) is 0.576. The zero-order valence-electron chi connectivity index (χ0n) is 17.6. The molecular weight excluding hydrogens is 423 g/mol. The first-order chi connectivity index (χ1) is 13.8. The summed E-state index contributed by atoms with van der Waals surface area (Å²) >= 11 is 13.7. The molecule has 0 radical (unpaired) electrons. The van der Waals surface area contributed by atoms with Gasteiger partial charge in [-0.05, 0) is 44.0 Å². The predicted octanol–water partition coefficient (Wildman–Crippen LogP) is 7.57. The molecule has 2 rings (SSSR count). The van der Waals surface area contributed by atoms with Gasteiger partial charge in [0.05, 0.1) is 15.7 Å². The third-order valence-corrected chi connectivity index (χ3v) is 6.05. The van der Waals surface area contributed by atoms with E-state index in [1.807, 2.05) is 25.1 Å². The van der Waals surface area contributed by atoms with Crippen molar-refractivity contribution in [3.05, 3.63) is 70.1 Å². The quantitative estimate of drug-likeness (QED) is 0.314. The van der Waals surface area contributed by atoms with Crippen LogP contribution in [0.25, 0.3) is 0 Å². The van der Waals surface area contributed by atoms with Gasteiger partial charge in [-0.1, -0.05) is 62.2 Å². The van der Waals surface area contributed by atoms with Gasteiger partial charge in [-0.15, -0.1) is 11.8 Å². The van der Waals surface area contributed by atoms with Gasteiger partial charge in [0.15, 0.2) is 5.78 Å². The average molecular weight is 453 g/mol. The second-order valence-corrected chi connectivity index (χ2v) is 8.53. The van der Waals surface area contributed by atoms with Crippen LogP contribution in [0.4, 0.5) is 0 Å². The van der Waals surface area contributed by atoms with Crippen LogP contribution in [0.15, 0.2) is 53.6 Å². The number of nitrogens with one attached hydrogen (secondary N) is 1. The Kier molecular flexibility index (Phi) is 12.1. The van der Waals surface area contributed by atoms with Crippen molar-refractivity contribution in [1.82, 2.24) is 10.3 Å². The molecule has 6 heteroatoms. The van der Waals surface area contributed by atoms with Gasteiger partial charge < -0.3 is 5.32 Å². The minimum absolute atomic E-state index is 0.0392. The van der Waals surface area contributed by atoms with E-state index in [1.165, 1.54) is 37.9 Å². The fraction of sp³-hybridized carbons (Fsp3) is 0.391. The average Bonchev–Trinajstić information content (AvgIpc) is 2.67. The Bertz CT molecular complexity index is 791. The summed E-state index contributed by atoms with van der Waals surface area (Å²) in [7, 11) is 0. The van der Waals surface area contributed by atoms with Crippen molar-refractivity contribution in [2.45, 2.75) is 63.6 Å². The zero-order valence-corrected chi connectivity index (χ0v) is 19.9. The molecule has 0 aliphatic carbocycles. The van der Waals surface area contributed by atoms with Crippen molar-refractivity contribution in [2.24, 2.45) is 0 Å². The lowest BCUT2D eigenvalue weighted by Crippen LogP contribution is -2.25. The number of benzene rings is 1. The first kappa shape index (κ1) is 25.5. The van der Waals surface area contributed by atoms with Crippen molar-refractivity contribution in [3.8, 4) is 0 Å². The van der Waals surface area contributed by atoms with E-state index in [9.17, 15) is 4.79 Å². The molecule has 0 bridgehead atoms. The van der Waals surface area contributed by atoms with E-state index < -0.39 is 0 Å². The number of nitrogens with zero attached hydrogens (tertiary/aromatic N) is 1. The fourth-order valence-corrected chi connectivity index (χ4v) is 4.19. The van der Waals surface area contributed by atoms with Crippen LogP contribution in [0.1, 0.15) is 63.1 Å². The molecule has 29 heavy (non-hydrogen) atoms. The smallest absolute Gasteiger partial charge is 0.178 e. The largest absolute Gasteiger partial charge is 0.386 e. The Morgan fingerprint density at radius 1 is 1.14 bits per heavy atom. The number of hydrogen-bond donors (Lipinski definition) is 1. The molecule has 0 saturated heterocycles. The van der Waals surface area contributed by atoms with Gasteiger partial charge in [-0.2, -0.15) is 0 Å². The van der Waals surface area contributed by atoms with Crippen molar-refractivity contribution in [2.75, 3.05) is 0 Å². The highest BCUT2D eigenvalue weighted by molar-refractivity contribution is 7.98. The molecule has 1 N–H and O–H groups in total. The number of rotatable bonds is 9. The highest BCUT2D eigenvalue weighted by Gasteiger charge is 2.08. The molecule has 0 aliphatic heterocycles. The van der Waals surface area contributed by atoms with Gasteiger partial charge in [0.2, 0.25) is 0 Å². The summed E-state index contributed by atoms with van der Waals surface area (Å²) in [6.07, 6.45) is 3.70. The number of carbonyl (C=O) groups is 1. The van der Waals surface area contributed by atoms with Crippen LogP contribution in [-0.2, 0) is 5.75 Å². The molecule has 0 amide bonds. The lowest BCUT2D eigenvalue weighted by molar-refractivity contribution is 0.101. The maximum absolute atomic E-state index is 11.3. The lowest BCUT2D eigenvalue weighted by Gasteiger charge is -2.16. The molecule has 2 aromatic rings. The van der Waals surface area contributed by atoms with Gasteiger partial charge in [-0.3, -0.25) is 4.79 Å². The van der Waals surface area contributed by atoms with E-state index in [1.54, 1.807) is 18.2 Å². The monoisotopic (exact) mass is 452 g/mol. The molecule has 3 nitrogen and oxygen atoms in total. The molecule has 0 fully saturated rings. The number of aromatic nitrogens is 1. The lowest BCUT2D eigenvalue weighted by atomic mass is 10.1. The second-order valence-electron chi connectivity index (χ2n) is 6.73. The first-order valence-corrected chi connectivity index (χ1v) is 11.5. The second kappa shape index (κ2) is 13.7. The van der Waals surface area contributed by atoms with Crippen molar-refractivity contribution >= 4 is 40.7 Å². The molecule has 1 aromatic heterocycles.